The molecule has 7 nitrogen and oxygen atoms in total. The summed E-state index contributed by atoms with van der Waals surface area (Å²) < 4.78 is 6.95. The summed E-state index contributed by atoms with van der Waals surface area (Å²) in [7, 11) is 1.40. The van der Waals surface area contributed by atoms with E-state index < -0.39 is 0 Å². The Labute approximate surface area is 204 Å². The molecule has 2 aliphatic carbocycles. The summed E-state index contributed by atoms with van der Waals surface area (Å²) in [4.78, 5) is 16.8. The van der Waals surface area contributed by atoms with Gasteiger partial charge in [0.05, 0.1) is 30.6 Å². The van der Waals surface area contributed by atoms with Crippen LogP contribution in [0.2, 0.25) is 0 Å². The quantitative estimate of drug-likeness (QED) is 0.421. The zero-order chi connectivity index (χ0) is 23.8. The number of benzene rings is 1. The number of pyridine rings is 1. The summed E-state index contributed by atoms with van der Waals surface area (Å²) in [6.07, 6.45) is 8.95. The van der Waals surface area contributed by atoms with Gasteiger partial charge in [0.2, 0.25) is 0 Å². The Morgan fingerprint density at radius 2 is 1.63 bits per heavy atom. The number of rotatable bonds is 5. The standard InChI is InChI=1S/C28H29N5O2/c1-35-28(34)19-15-13-18(14-16-19)17-33-25-12-5-3-8-21(25)27(32-33)24-11-6-10-23(29-24)26-20-7-2-4-9-22(20)30-31-26/h6,10-11,13-16H,2-5,7-9,12,17H2,1H3,(H,30,31). The second-order valence-electron chi connectivity index (χ2n) is 9.47. The number of fused-ring (bicyclic) bond motifs is 2. The Balaban J connectivity index is 1.35. The predicted octanol–water partition coefficient (Wildman–Crippen LogP) is 4.93. The molecule has 6 rings (SSSR count). The predicted molar refractivity (Wildman–Crippen MR) is 133 cm³/mol. The topological polar surface area (TPSA) is 85.7 Å². The Morgan fingerprint density at radius 1 is 0.914 bits per heavy atom. The molecule has 35 heavy (non-hydrogen) atoms. The van der Waals surface area contributed by atoms with Crippen LogP contribution in [0.4, 0.5) is 0 Å². The largest absolute Gasteiger partial charge is 0.465 e. The number of carbonyl (C=O) groups excluding carboxylic acids is 1. The highest BCUT2D eigenvalue weighted by atomic mass is 16.5. The molecule has 0 radical (unpaired) electrons. The molecule has 3 aromatic heterocycles. The number of aromatic nitrogens is 5. The van der Waals surface area contributed by atoms with E-state index in [-0.39, 0.29) is 5.97 Å². The maximum Gasteiger partial charge on any atom is 0.337 e. The lowest BCUT2D eigenvalue weighted by molar-refractivity contribution is 0.0600. The zero-order valence-corrected chi connectivity index (χ0v) is 20.0. The molecule has 0 atom stereocenters. The third-order valence-electron chi connectivity index (χ3n) is 7.25. The van der Waals surface area contributed by atoms with Gasteiger partial charge in [-0.1, -0.05) is 18.2 Å². The van der Waals surface area contributed by atoms with Crippen molar-refractivity contribution in [3.05, 3.63) is 76.1 Å². The van der Waals surface area contributed by atoms with Gasteiger partial charge in [-0.3, -0.25) is 9.78 Å². The molecule has 0 fully saturated rings. The first-order valence-electron chi connectivity index (χ1n) is 12.5. The molecule has 1 aromatic carbocycles. The SMILES string of the molecule is COC(=O)c1ccc(Cn2nc(-c3cccc(-c4n[nH]c5c4CCCC5)n3)c3c2CCCC3)cc1. The fourth-order valence-electron chi connectivity index (χ4n) is 5.44. The van der Waals surface area contributed by atoms with Crippen LogP contribution < -0.4 is 0 Å². The van der Waals surface area contributed by atoms with Crippen LogP contribution in [0.5, 0.6) is 0 Å². The van der Waals surface area contributed by atoms with Crippen LogP contribution in [0.15, 0.2) is 42.5 Å². The fourth-order valence-corrected chi connectivity index (χ4v) is 5.44. The van der Waals surface area contributed by atoms with E-state index in [0.717, 1.165) is 54.0 Å². The summed E-state index contributed by atoms with van der Waals surface area (Å²) in [6, 6.07) is 13.8. The number of aromatic amines is 1. The van der Waals surface area contributed by atoms with Gasteiger partial charge in [-0.05, 0) is 81.2 Å². The summed E-state index contributed by atoms with van der Waals surface area (Å²) in [5.41, 5.74) is 10.7. The lowest BCUT2D eigenvalue weighted by Gasteiger charge is -2.14. The average molecular weight is 468 g/mol. The molecular formula is C28H29N5O2. The van der Waals surface area contributed by atoms with Crippen molar-refractivity contribution >= 4 is 5.97 Å². The van der Waals surface area contributed by atoms with Crippen LogP contribution in [0.25, 0.3) is 22.8 Å². The van der Waals surface area contributed by atoms with Crippen molar-refractivity contribution in [2.45, 2.75) is 57.9 Å². The number of hydrogen-bond donors (Lipinski definition) is 1. The van der Waals surface area contributed by atoms with E-state index in [2.05, 4.69) is 33.1 Å². The highest BCUT2D eigenvalue weighted by Crippen LogP contribution is 2.33. The molecule has 0 spiro atoms. The molecule has 0 aliphatic heterocycles. The fraction of sp³-hybridized carbons (Fsp3) is 0.357. The van der Waals surface area contributed by atoms with Gasteiger partial charge in [-0.15, -0.1) is 0 Å². The first kappa shape index (κ1) is 21.8. The summed E-state index contributed by atoms with van der Waals surface area (Å²) >= 11 is 0. The molecule has 178 valence electrons. The average Bonchev–Trinajstić information content (AvgIpc) is 3.51. The Hall–Kier alpha value is -3.74. The Bertz CT molecular complexity index is 1380. The molecule has 3 heterocycles. The molecule has 0 saturated carbocycles. The number of carbonyl (C=O) groups is 1. The van der Waals surface area contributed by atoms with Crippen LogP contribution >= 0.6 is 0 Å². The van der Waals surface area contributed by atoms with Gasteiger partial charge in [0.1, 0.15) is 11.4 Å². The zero-order valence-electron chi connectivity index (χ0n) is 20.0. The molecule has 0 saturated heterocycles. The van der Waals surface area contributed by atoms with Gasteiger partial charge in [0.25, 0.3) is 0 Å². The van der Waals surface area contributed by atoms with Crippen molar-refractivity contribution in [1.29, 1.82) is 0 Å². The monoisotopic (exact) mass is 467 g/mol. The van der Waals surface area contributed by atoms with Crippen molar-refractivity contribution in [2.24, 2.45) is 0 Å². The van der Waals surface area contributed by atoms with Crippen LogP contribution in [0.3, 0.4) is 0 Å². The number of nitrogens with zero attached hydrogens (tertiary/aromatic N) is 4. The Morgan fingerprint density at radius 3 is 2.43 bits per heavy atom. The molecule has 0 amide bonds. The number of esters is 1. The molecule has 7 heteroatoms. The van der Waals surface area contributed by atoms with Gasteiger partial charge >= 0.3 is 5.97 Å². The number of H-pyrrole nitrogens is 1. The maximum atomic E-state index is 11.8. The smallest absolute Gasteiger partial charge is 0.337 e. The third kappa shape index (κ3) is 4.05. The van der Waals surface area contributed by atoms with Crippen LogP contribution in [0.1, 0.15) is 64.1 Å². The van der Waals surface area contributed by atoms with E-state index >= 15 is 0 Å². The molecule has 4 aromatic rings. The van der Waals surface area contributed by atoms with Gasteiger partial charge in [-0.25, -0.2) is 9.78 Å². The minimum Gasteiger partial charge on any atom is -0.465 e. The van der Waals surface area contributed by atoms with Crippen molar-refractivity contribution < 1.29 is 9.53 Å². The van der Waals surface area contributed by atoms with Crippen LogP contribution in [-0.4, -0.2) is 38.0 Å². The number of nitrogens with one attached hydrogen (secondary N) is 1. The first-order chi connectivity index (χ1) is 17.2. The lowest BCUT2D eigenvalue weighted by Crippen LogP contribution is -2.10. The second kappa shape index (κ2) is 9.13. The minimum atomic E-state index is -0.320. The van der Waals surface area contributed by atoms with E-state index in [4.69, 9.17) is 14.8 Å². The molecule has 1 N–H and O–H groups in total. The number of hydrogen-bond acceptors (Lipinski definition) is 5. The van der Waals surface area contributed by atoms with Crippen LogP contribution in [-0.2, 0) is 37.0 Å². The van der Waals surface area contributed by atoms with E-state index in [0.29, 0.717) is 12.1 Å². The van der Waals surface area contributed by atoms with Gasteiger partial charge in [0, 0.05) is 22.5 Å². The Kier molecular flexibility index (Phi) is 5.68. The van der Waals surface area contributed by atoms with Gasteiger partial charge in [0.15, 0.2) is 0 Å². The number of methoxy groups -OCH3 is 1. The number of aryl methyl sites for hydroxylation is 1. The maximum absolute atomic E-state index is 11.8. The second-order valence-corrected chi connectivity index (χ2v) is 9.47. The summed E-state index contributed by atoms with van der Waals surface area (Å²) in [6.45, 7) is 0.663. The van der Waals surface area contributed by atoms with Crippen molar-refractivity contribution in [1.82, 2.24) is 25.0 Å². The van der Waals surface area contributed by atoms with E-state index in [1.54, 1.807) is 0 Å². The van der Waals surface area contributed by atoms with Gasteiger partial charge < -0.3 is 4.74 Å². The van der Waals surface area contributed by atoms with Crippen molar-refractivity contribution in [2.75, 3.05) is 7.11 Å². The third-order valence-corrected chi connectivity index (χ3v) is 7.25. The minimum absolute atomic E-state index is 0.320. The highest BCUT2D eigenvalue weighted by Gasteiger charge is 2.24. The highest BCUT2D eigenvalue weighted by molar-refractivity contribution is 5.89. The molecule has 2 aliphatic rings. The van der Waals surface area contributed by atoms with Crippen molar-refractivity contribution in [3.63, 3.8) is 0 Å². The molecule has 0 unspecified atom stereocenters. The molecule has 0 bridgehead atoms. The van der Waals surface area contributed by atoms with Crippen LogP contribution in [0, 0.1) is 0 Å². The summed E-state index contributed by atoms with van der Waals surface area (Å²) in [5.74, 6) is -0.320. The van der Waals surface area contributed by atoms with Gasteiger partial charge in [-0.2, -0.15) is 10.2 Å². The first-order valence-corrected chi connectivity index (χ1v) is 12.5. The molecular weight excluding hydrogens is 438 g/mol. The van der Waals surface area contributed by atoms with Crippen molar-refractivity contribution in [3.8, 4) is 22.8 Å². The number of ether oxygens (including phenoxy) is 1. The van der Waals surface area contributed by atoms with E-state index in [1.165, 1.54) is 55.3 Å². The normalized spacial score (nSPS) is 14.9. The van der Waals surface area contributed by atoms with E-state index in [9.17, 15) is 4.79 Å². The lowest BCUT2D eigenvalue weighted by atomic mass is 9.94. The van der Waals surface area contributed by atoms with E-state index in [1.807, 2.05) is 24.3 Å². The summed E-state index contributed by atoms with van der Waals surface area (Å²) in [5, 5.41) is 12.9.